The van der Waals surface area contributed by atoms with Gasteiger partial charge in [-0.05, 0) is 42.9 Å². The summed E-state index contributed by atoms with van der Waals surface area (Å²) in [6.07, 6.45) is 6.75. The highest BCUT2D eigenvalue weighted by atomic mass is 16.5. The Labute approximate surface area is 140 Å². The fraction of sp³-hybridized carbons (Fsp3) is 0.650. The predicted octanol–water partition coefficient (Wildman–Crippen LogP) is 4.59. The van der Waals surface area contributed by atoms with Crippen molar-refractivity contribution in [2.75, 3.05) is 0 Å². The molecule has 1 saturated carbocycles. The molecule has 2 rings (SSSR count). The second kappa shape index (κ2) is 7.85. The summed E-state index contributed by atoms with van der Waals surface area (Å²) in [5.41, 5.74) is 1.39. The Morgan fingerprint density at radius 2 is 1.65 bits per heavy atom. The maximum atomic E-state index is 12.3. The number of carbonyl (C=O) groups excluding carboxylic acids is 1. The molecule has 0 aromatic heterocycles. The van der Waals surface area contributed by atoms with Gasteiger partial charge in [-0.25, -0.2) is 0 Å². The summed E-state index contributed by atoms with van der Waals surface area (Å²) in [6.45, 7) is 8.38. The third kappa shape index (κ3) is 5.56. The zero-order valence-electron chi connectivity index (χ0n) is 15.0. The van der Waals surface area contributed by atoms with Crippen LogP contribution in [0.1, 0.15) is 71.8 Å². The standard InChI is InChI=1S/C20H31NO2/c1-15(19(22)21-17-9-7-5-6-8-10-17)23-18-13-11-16(12-14-18)20(2,3)4/h11-15,17H,5-10H2,1-4H3,(H,21,22)/t15-/m0/s1. The van der Waals surface area contributed by atoms with Crippen LogP contribution in [0.3, 0.4) is 0 Å². The molecule has 1 aliphatic carbocycles. The van der Waals surface area contributed by atoms with Gasteiger partial charge < -0.3 is 10.1 Å². The van der Waals surface area contributed by atoms with E-state index >= 15 is 0 Å². The second-order valence-electron chi connectivity index (χ2n) is 7.73. The molecule has 3 heteroatoms. The summed E-state index contributed by atoms with van der Waals surface area (Å²) in [5, 5.41) is 3.15. The Kier molecular flexibility index (Phi) is 6.09. The Hall–Kier alpha value is -1.51. The minimum absolute atomic E-state index is 0.00296. The molecular formula is C20H31NO2. The van der Waals surface area contributed by atoms with E-state index in [1.54, 1.807) is 0 Å². The van der Waals surface area contributed by atoms with Crippen LogP contribution in [0.15, 0.2) is 24.3 Å². The summed E-state index contributed by atoms with van der Waals surface area (Å²) in [4.78, 5) is 12.3. The summed E-state index contributed by atoms with van der Waals surface area (Å²) in [5.74, 6) is 0.748. The van der Waals surface area contributed by atoms with Gasteiger partial charge >= 0.3 is 0 Å². The number of hydrogen-bond donors (Lipinski definition) is 1. The first kappa shape index (κ1) is 17.8. The van der Waals surface area contributed by atoms with Crippen molar-refractivity contribution in [3.8, 4) is 5.75 Å². The summed E-state index contributed by atoms with van der Waals surface area (Å²) < 4.78 is 5.80. The van der Waals surface area contributed by atoms with Gasteiger partial charge in [0.15, 0.2) is 6.10 Å². The first-order valence-electron chi connectivity index (χ1n) is 8.94. The minimum atomic E-state index is -0.460. The third-order valence-electron chi connectivity index (χ3n) is 4.60. The van der Waals surface area contributed by atoms with E-state index in [9.17, 15) is 4.79 Å². The van der Waals surface area contributed by atoms with Gasteiger partial charge in [0.2, 0.25) is 0 Å². The topological polar surface area (TPSA) is 38.3 Å². The van der Waals surface area contributed by atoms with E-state index in [0.717, 1.165) is 18.6 Å². The van der Waals surface area contributed by atoms with E-state index < -0.39 is 6.10 Å². The van der Waals surface area contributed by atoms with Crippen LogP contribution in [0.25, 0.3) is 0 Å². The van der Waals surface area contributed by atoms with Crippen LogP contribution >= 0.6 is 0 Å². The van der Waals surface area contributed by atoms with Crippen molar-refractivity contribution >= 4 is 5.91 Å². The van der Waals surface area contributed by atoms with Gasteiger partial charge in [0, 0.05) is 6.04 Å². The lowest BCUT2D eigenvalue weighted by molar-refractivity contribution is -0.128. The van der Waals surface area contributed by atoms with E-state index in [0.29, 0.717) is 6.04 Å². The molecule has 0 heterocycles. The van der Waals surface area contributed by atoms with Crippen molar-refractivity contribution in [1.29, 1.82) is 0 Å². The van der Waals surface area contributed by atoms with Crippen LogP contribution in [0.2, 0.25) is 0 Å². The van der Waals surface area contributed by atoms with E-state index in [-0.39, 0.29) is 11.3 Å². The Morgan fingerprint density at radius 1 is 1.09 bits per heavy atom. The molecule has 0 radical (unpaired) electrons. The number of hydrogen-bond acceptors (Lipinski definition) is 2. The zero-order valence-corrected chi connectivity index (χ0v) is 15.0. The average Bonchev–Trinajstić information content (AvgIpc) is 2.75. The third-order valence-corrected chi connectivity index (χ3v) is 4.60. The molecule has 1 aliphatic rings. The van der Waals surface area contributed by atoms with Gasteiger partial charge in [0.05, 0.1) is 0 Å². The van der Waals surface area contributed by atoms with E-state index in [2.05, 4.69) is 38.2 Å². The van der Waals surface area contributed by atoms with Crippen LogP contribution in [0.5, 0.6) is 5.75 Å². The molecule has 1 aromatic carbocycles. The molecule has 1 fully saturated rings. The number of amides is 1. The van der Waals surface area contributed by atoms with Crippen LogP contribution in [0.4, 0.5) is 0 Å². The van der Waals surface area contributed by atoms with Crippen LogP contribution in [0, 0.1) is 0 Å². The van der Waals surface area contributed by atoms with Crippen molar-refractivity contribution in [3.63, 3.8) is 0 Å². The van der Waals surface area contributed by atoms with Gasteiger partial charge in [0.1, 0.15) is 5.75 Å². The SMILES string of the molecule is C[C@H](Oc1ccc(C(C)(C)C)cc1)C(=O)NC1CCCCCC1. The van der Waals surface area contributed by atoms with Crippen LogP contribution in [-0.4, -0.2) is 18.1 Å². The molecule has 0 bridgehead atoms. The number of carbonyl (C=O) groups is 1. The molecule has 1 atom stereocenters. The number of rotatable bonds is 4. The van der Waals surface area contributed by atoms with Gasteiger partial charge in [0.25, 0.3) is 5.91 Å². The largest absolute Gasteiger partial charge is 0.481 e. The Morgan fingerprint density at radius 3 is 2.17 bits per heavy atom. The average molecular weight is 317 g/mol. The van der Waals surface area contributed by atoms with Crippen molar-refractivity contribution in [1.82, 2.24) is 5.32 Å². The lowest BCUT2D eigenvalue weighted by Gasteiger charge is -2.21. The molecule has 3 nitrogen and oxygen atoms in total. The lowest BCUT2D eigenvalue weighted by Crippen LogP contribution is -2.42. The highest BCUT2D eigenvalue weighted by Gasteiger charge is 2.20. The fourth-order valence-corrected chi connectivity index (χ4v) is 3.03. The maximum absolute atomic E-state index is 12.3. The highest BCUT2D eigenvalue weighted by Crippen LogP contribution is 2.24. The molecule has 23 heavy (non-hydrogen) atoms. The predicted molar refractivity (Wildman–Crippen MR) is 94.9 cm³/mol. The normalized spacial score (nSPS) is 18.1. The van der Waals surface area contributed by atoms with Gasteiger partial charge in [-0.3, -0.25) is 4.79 Å². The van der Waals surface area contributed by atoms with E-state index in [1.807, 2.05) is 19.1 Å². The number of nitrogens with one attached hydrogen (secondary N) is 1. The van der Waals surface area contributed by atoms with Crippen molar-refractivity contribution in [3.05, 3.63) is 29.8 Å². The molecule has 1 amide bonds. The zero-order chi connectivity index (χ0) is 16.9. The fourth-order valence-electron chi connectivity index (χ4n) is 3.03. The summed E-state index contributed by atoms with van der Waals surface area (Å²) in [7, 11) is 0. The van der Waals surface area contributed by atoms with Crippen LogP contribution in [-0.2, 0) is 10.2 Å². The minimum Gasteiger partial charge on any atom is -0.481 e. The lowest BCUT2D eigenvalue weighted by atomic mass is 9.87. The molecule has 128 valence electrons. The van der Waals surface area contributed by atoms with Gasteiger partial charge in [-0.1, -0.05) is 58.6 Å². The first-order chi connectivity index (χ1) is 10.9. The Bertz CT molecular complexity index is 493. The highest BCUT2D eigenvalue weighted by molar-refractivity contribution is 5.81. The molecule has 0 unspecified atom stereocenters. The molecule has 0 aliphatic heterocycles. The Balaban J connectivity index is 1.87. The van der Waals surface area contributed by atoms with Gasteiger partial charge in [-0.2, -0.15) is 0 Å². The van der Waals surface area contributed by atoms with E-state index in [1.165, 1.54) is 31.2 Å². The molecule has 1 N–H and O–H groups in total. The summed E-state index contributed by atoms with van der Waals surface area (Å²) >= 11 is 0. The monoisotopic (exact) mass is 317 g/mol. The smallest absolute Gasteiger partial charge is 0.260 e. The molecule has 0 saturated heterocycles. The molecule has 1 aromatic rings. The number of ether oxygens (including phenoxy) is 1. The quantitative estimate of drug-likeness (QED) is 0.825. The number of benzene rings is 1. The second-order valence-corrected chi connectivity index (χ2v) is 7.73. The van der Waals surface area contributed by atoms with Crippen molar-refractivity contribution in [2.45, 2.75) is 83.8 Å². The van der Waals surface area contributed by atoms with Crippen molar-refractivity contribution < 1.29 is 9.53 Å². The molecular weight excluding hydrogens is 286 g/mol. The van der Waals surface area contributed by atoms with Crippen molar-refractivity contribution in [2.24, 2.45) is 0 Å². The maximum Gasteiger partial charge on any atom is 0.260 e. The van der Waals surface area contributed by atoms with E-state index in [4.69, 9.17) is 4.74 Å². The first-order valence-corrected chi connectivity index (χ1v) is 8.94. The molecule has 0 spiro atoms. The van der Waals surface area contributed by atoms with Gasteiger partial charge in [-0.15, -0.1) is 0 Å². The summed E-state index contributed by atoms with van der Waals surface area (Å²) in [6, 6.07) is 8.38. The van der Waals surface area contributed by atoms with Crippen LogP contribution < -0.4 is 10.1 Å².